The number of anilines is 1. The van der Waals surface area contributed by atoms with Gasteiger partial charge in [0.25, 0.3) is 6.08 Å². The van der Waals surface area contributed by atoms with Gasteiger partial charge in [0.05, 0.1) is 35.5 Å². The minimum atomic E-state index is 0.368. The summed E-state index contributed by atoms with van der Waals surface area (Å²) in [6.45, 7) is 0.368. The maximum atomic E-state index is 10.6. The van der Waals surface area contributed by atoms with Crippen molar-refractivity contribution in [3.63, 3.8) is 0 Å². The lowest BCUT2D eigenvalue weighted by Gasteiger charge is -2.17. The summed E-state index contributed by atoms with van der Waals surface area (Å²) in [5, 5.41) is 22.7. The monoisotopic (exact) mass is 274 g/mol. The second-order valence-electron chi connectivity index (χ2n) is 4.22. The van der Waals surface area contributed by atoms with E-state index in [-0.39, 0.29) is 0 Å². The van der Waals surface area contributed by atoms with Crippen LogP contribution in [0, 0.1) is 22.7 Å². The van der Waals surface area contributed by atoms with Gasteiger partial charge in [0.15, 0.2) is 0 Å². The van der Waals surface area contributed by atoms with Gasteiger partial charge in [0, 0.05) is 0 Å². The van der Waals surface area contributed by atoms with Crippen LogP contribution in [0.25, 0.3) is 0 Å². The molecule has 0 N–H and O–H groups in total. The summed E-state index contributed by atoms with van der Waals surface area (Å²) in [7, 11) is 0. The van der Waals surface area contributed by atoms with E-state index in [1.54, 1.807) is 48.5 Å². The zero-order chi connectivity index (χ0) is 15.1. The average molecular weight is 274 g/mol. The molecule has 2 aromatic carbocycles. The molecule has 0 atom stereocenters. The molecule has 0 aliphatic carbocycles. The van der Waals surface area contributed by atoms with Crippen molar-refractivity contribution in [3.05, 3.63) is 65.2 Å². The number of nitriles is 2. The standard InChI is InChI=1S/C16H10N4O/c17-9-13-1-3-15(4-2-13)11-20(19-12-21)16-7-5-14(10-18)6-8-16/h1-8H,11H2. The summed E-state index contributed by atoms with van der Waals surface area (Å²) < 4.78 is 0. The van der Waals surface area contributed by atoms with Crippen molar-refractivity contribution < 1.29 is 4.79 Å². The summed E-state index contributed by atoms with van der Waals surface area (Å²) in [6, 6.07) is 17.8. The lowest BCUT2D eigenvalue weighted by molar-refractivity contribution is 0.561. The molecular weight excluding hydrogens is 264 g/mol. The van der Waals surface area contributed by atoms with E-state index >= 15 is 0 Å². The SMILES string of the molecule is N#Cc1ccc(CN(N=C=O)c2ccc(C#N)cc2)cc1. The number of carbonyl (C=O) groups excluding carboxylic acids is 1. The Morgan fingerprint density at radius 3 is 1.90 bits per heavy atom. The Morgan fingerprint density at radius 2 is 1.43 bits per heavy atom. The number of rotatable bonds is 4. The molecule has 0 bridgehead atoms. The molecule has 0 amide bonds. The van der Waals surface area contributed by atoms with Crippen molar-refractivity contribution in [1.29, 1.82) is 10.5 Å². The molecule has 0 fully saturated rings. The third kappa shape index (κ3) is 3.54. The summed E-state index contributed by atoms with van der Waals surface area (Å²) >= 11 is 0. The highest BCUT2D eigenvalue weighted by molar-refractivity contribution is 5.52. The second kappa shape index (κ2) is 6.68. The van der Waals surface area contributed by atoms with Gasteiger partial charge in [0.2, 0.25) is 0 Å². The minimum Gasteiger partial charge on any atom is -0.250 e. The molecule has 0 radical (unpaired) electrons. The predicted molar refractivity (Wildman–Crippen MR) is 76.6 cm³/mol. The molecule has 5 nitrogen and oxygen atoms in total. The van der Waals surface area contributed by atoms with E-state index in [0.717, 1.165) is 5.56 Å². The van der Waals surface area contributed by atoms with Crippen molar-refractivity contribution in [2.75, 3.05) is 5.01 Å². The number of hydrazone groups is 1. The maximum absolute atomic E-state index is 10.6. The molecule has 2 aromatic rings. The highest BCUT2D eigenvalue weighted by atomic mass is 16.1. The van der Waals surface area contributed by atoms with Crippen LogP contribution in [0.3, 0.4) is 0 Å². The molecule has 0 heterocycles. The normalized spacial score (nSPS) is 9.05. The topological polar surface area (TPSA) is 80.2 Å². The first kappa shape index (κ1) is 14.0. The number of hydrogen-bond acceptors (Lipinski definition) is 5. The van der Waals surface area contributed by atoms with Crippen molar-refractivity contribution in [1.82, 2.24) is 0 Å². The fourth-order valence-corrected chi connectivity index (χ4v) is 1.80. The van der Waals surface area contributed by atoms with Crippen LogP contribution in [0.2, 0.25) is 0 Å². The van der Waals surface area contributed by atoms with Crippen molar-refractivity contribution in [2.45, 2.75) is 6.54 Å². The highest BCUT2D eigenvalue weighted by Crippen LogP contribution is 2.18. The molecule has 0 aromatic heterocycles. The summed E-state index contributed by atoms with van der Waals surface area (Å²) in [5.74, 6) is 0. The summed E-state index contributed by atoms with van der Waals surface area (Å²) in [5.41, 5.74) is 2.69. The largest absolute Gasteiger partial charge is 0.258 e. The van der Waals surface area contributed by atoms with Crippen LogP contribution in [0.1, 0.15) is 16.7 Å². The zero-order valence-corrected chi connectivity index (χ0v) is 11.0. The van der Waals surface area contributed by atoms with Crippen LogP contribution in [0.4, 0.5) is 5.69 Å². The fraction of sp³-hybridized carbons (Fsp3) is 0.0625. The third-order valence-electron chi connectivity index (χ3n) is 2.87. The van der Waals surface area contributed by atoms with E-state index in [9.17, 15) is 4.79 Å². The number of hydrogen-bond donors (Lipinski definition) is 0. The second-order valence-corrected chi connectivity index (χ2v) is 4.22. The van der Waals surface area contributed by atoms with Gasteiger partial charge in [-0.3, -0.25) is 5.01 Å². The highest BCUT2D eigenvalue weighted by Gasteiger charge is 2.07. The van der Waals surface area contributed by atoms with Gasteiger partial charge >= 0.3 is 0 Å². The molecule has 0 saturated carbocycles. The first-order valence-electron chi connectivity index (χ1n) is 6.11. The Labute approximate surface area is 122 Å². The fourth-order valence-electron chi connectivity index (χ4n) is 1.80. The molecule has 5 heteroatoms. The van der Waals surface area contributed by atoms with Gasteiger partial charge in [-0.15, -0.1) is 0 Å². The molecule has 100 valence electrons. The number of nitrogens with zero attached hydrogens (tertiary/aromatic N) is 4. The van der Waals surface area contributed by atoms with E-state index in [1.807, 2.05) is 12.1 Å². The van der Waals surface area contributed by atoms with Crippen LogP contribution < -0.4 is 5.01 Å². The molecule has 0 aliphatic heterocycles. The van der Waals surface area contributed by atoms with Crippen LogP contribution in [-0.4, -0.2) is 6.08 Å². The molecule has 0 saturated heterocycles. The Bertz CT molecular complexity index is 745. The smallest absolute Gasteiger partial charge is 0.250 e. The molecular formula is C16H10N4O. The van der Waals surface area contributed by atoms with E-state index in [0.29, 0.717) is 23.4 Å². The van der Waals surface area contributed by atoms with Crippen molar-refractivity contribution in [3.8, 4) is 12.1 Å². The lowest BCUT2D eigenvalue weighted by Crippen LogP contribution is -2.15. The molecule has 0 aliphatic rings. The Balaban J connectivity index is 2.24. The van der Waals surface area contributed by atoms with E-state index < -0.39 is 0 Å². The van der Waals surface area contributed by atoms with Crippen molar-refractivity contribution in [2.24, 2.45) is 5.10 Å². The number of benzene rings is 2. The average Bonchev–Trinajstić information content (AvgIpc) is 2.55. The Hall–Kier alpha value is -3.40. The predicted octanol–water partition coefficient (Wildman–Crippen LogP) is 2.69. The minimum absolute atomic E-state index is 0.368. The van der Waals surface area contributed by atoms with E-state index in [2.05, 4.69) is 5.10 Å². The van der Waals surface area contributed by atoms with Crippen LogP contribution in [0.5, 0.6) is 0 Å². The van der Waals surface area contributed by atoms with Gasteiger partial charge in [-0.25, -0.2) is 4.79 Å². The van der Waals surface area contributed by atoms with Crippen LogP contribution in [-0.2, 0) is 11.3 Å². The lowest BCUT2D eigenvalue weighted by atomic mass is 10.1. The van der Waals surface area contributed by atoms with Gasteiger partial charge < -0.3 is 0 Å². The van der Waals surface area contributed by atoms with Gasteiger partial charge in [-0.2, -0.15) is 10.5 Å². The number of isocyanates is 1. The van der Waals surface area contributed by atoms with Gasteiger partial charge in [0.1, 0.15) is 0 Å². The van der Waals surface area contributed by atoms with Gasteiger partial charge in [-0.05, 0) is 42.0 Å². The van der Waals surface area contributed by atoms with E-state index in [1.165, 1.54) is 11.1 Å². The first-order valence-corrected chi connectivity index (χ1v) is 6.11. The molecule has 21 heavy (non-hydrogen) atoms. The zero-order valence-electron chi connectivity index (χ0n) is 11.0. The van der Waals surface area contributed by atoms with Crippen LogP contribution >= 0.6 is 0 Å². The Morgan fingerprint density at radius 1 is 0.905 bits per heavy atom. The first-order chi connectivity index (χ1) is 10.3. The molecule has 0 unspecified atom stereocenters. The summed E-state index contributed by atoms with van der Waals surface area (Å²) in [4.78, 5) is 10.6. The van der Waals surface area contributed by atoms with E-state index in [4.69, 9.17) is 10.5 Å². The molecule has 2 rings (SSSR count). The van der Waals surface area contributed by atoms with Crippen LogP contribution in [0.15, 0.2) is 53.6 Å². The third-order valence-corrected chi connectivity index (χ3v) is 2.87. The maximum Gasteiger partial charge on any atom is 0.258 e. The molecule has 0 spiro atoms. The Kier molecular flexibility index (Phi) is 4.46. The quantitative estimate of drug-likeness (QED) is 0.487. The summed E-state index contributed by atoms with van der Waals surface area (Å²) in [6.07, 6.45) is 1.52. The van der Waals surface area contributed by atoms with Gasteiger partial charge in [-0.1, -0.05) is 17.2 Å². The van der Waals surface area contributed by atoms with Crippen molar-refractivity contribution >= 4 is 11.8 Å².